The molecule has 1 unspecified atom stereocenters. The van der Waals surface area contributed by atoms with E-state index in [1.54, 1.807) is 20.3 Å². The van der Waals surface area contributed by atoms with Crippen molar-refractivity contribution in [3.63, 3.8) is 0 Å². The Morgan fingerprint density at radius 1 is 1.23 bits per heavy atom. The smallest absolute Gasteiger partial charge is 0.251 e. The van der Waals surface area contributed by atoms with E-state index in [2.05, 4.69) is 15.7 Å². The van der Waals surface area contributed by atoms with Gasteiger partial charge in [0.2, 0.25) is 5.91 Å². The molecule has 2 heterocycles. The topological polar surface area (TPSA) is 94.5 Å². The number of hydrogen-bond donors (Lipinski definition) is 2. The van der Waals surface area contributed by atoms with Gasteiger partial charge in [0.25, 0.3) is 5.91 Å². The number of carbonyl (C=O) groups excluding carboxylic acids is 2. The highest BCUT2D eigenvalue weighted by Gasteiger charge is 2.37. The van der Waals surface area contributed by atoms with E-state index in [4.69, 9.17) is 9.47 Å². The van der Waals surface area contributed by atoms with Crippen molar-refractivity contribution in [1.82, 2.24) is 9.78 Å². The third kappa shape index (κ3) is 3.99. The number of ether oxygens (including phenoxy) is 2. The van der Waals surface area contributed by atoms with Crippen LogP contribution in [0.25, 0.3) is 11.1 Å². The van der Waals surface area contributed by atoms with Crippen LogP contribution in [0.15, 0.2) is 48.5 Å². The maximum Gasteiger partial charge on any atom is 0.251 e. The number of nitrogens with one attached hydrogen (secondary N) is 2. The molecule has 2 N–H and O–H groups in total. The summed E-state index contributed by atoms with van der Waals surface area (Å²) < 4.78 is 25.9. The quantitative estimate of drug-likeness (QED) is 0.607. The minimum Gasteiger partial charge on any atom is -0.497 e. The molecule has 31 heavy (non-hydrogen) atoms. The number of benzene rings is 2. The standard InChI is InChI=1S/C22H21FN4O4/c1-30-12-17-20(13-6-5-7-14(10-13)31-2)21-25-22(29)18(27(21)26-17)11-19(28)24-16-9-4-3-8-15(16)23/h3-10,18H,11-12H2,1-2H3,(H,24,28)(H,25,29). The first kappa shape index (κ1) is 20.5. The molecule has 0 saturated heterocycles. The lowest BCUT2D eigenvalue weighted by molar-refractivity contribution is -0.123. The Bertz CT molecular complexity index is 1140. The third-order valence-electron chi connectivity index (χ3n) is 4.99. The summed E-state index contributed by atoms with van der Waals surface area (Å²) in [6.07, 6.45) is -0.196. The summed E-state index contributed by atoms with van der Waals surface area (Å²) >= 11 is 0. The highest BCUT2D eigenvalue weighted by molar-refractivity contribution is 6.04. The molecule has 9 heteroatoms. The lowest BCUT2D eigenvalue weighted by Crippen LogP contribution is -2.24. The van der Waals surface area contributed by atoms with Crippen LogP contribution in [0.1, 0.15) is 18.2 Å². The normalized spacial score (nSPS) is 14.8. The molecule has 1 aliphatic rings. The summed E-state index contributed by atoms with van der Waals surface area (Å²) in [5, 5.41) is 9.86. The first-order valence-corrected chi connectivity index (χ1v) is 9.61. The zero-order chi connectivity index (χ0) is 22.0. The first-order chi connectivity index (χ1) is 15.0. The van der Waals surface area contributed by atoms with E-state index in [1.165, 1.54) is 22.9 Å². The zero-order valence-electron chi connectivity index (χ0n) is 17.0. The molecule has 0 spiro atoms. The van der Waals surface area contributed by atoms with E-state index in [1.807, 2.05) is 24.3 Å². The average molecular weight is 424 g/mol. The zero-order valence-corrected chi connectivity index (χ0v) is 17.0. The van der Waals surface area contributed by atoms with Gasteiger partial charge in [0, 0.05) is 7.11 Å². The van der Waals surface area contributed by atoms with E-state index in [0.717, 1.165) is 5.56 Å². The van der Waals surface area contributed by atoms with E-state index >= 15 is 0 Å². The predicted octanol–water partition coefficient (Wildman–Crippen LogP) is 3.37. The Balaban J connectivity index is 1.65. The molecule has 4 rings (SSSR count). The number of rotatable bonds is 7. The number of fused-ring (bicyclic) bond motifs is 1. The molecule has 0 aliphatic carbocycles. The minimum absolute atomic E-state index is 0.0590. The molecule has 1 aliphatic heterocycles. The molecule has 0 bridgehead atoms. The Hall–Kier alpha value is -3.72. The summed E-state index contributed by atoms with van der Waals surface area (Å²) in [5.74, 6) is -0.265. The molecule has 2 aromatic carbocycles. The molecule has 1 atom stereocenters. The van der Waals surface area contributed by atoms with Gasteiger partial charge in [-0.05, 0) is 29.8 Å². The fraction of sp³-hybridized carbons (Fsp3) is 0.227. The Morgan fingerprint density at radius 3 is 2.77 bits per heavy atom. The van der Waals surface area contributed by atoms with Gasteiger partial charge in [-0.2, -0.15) is 5.10 Å². The number of para-hydroxylation sites is 1. The van der Waals surface area contributed by atoms with Crippen molar-refractivity contribution in [1.29, 1.82) is 0 Å². The van der Waals surface area contributed by atoms with Crippen molar-refractivity contribution in [3.05, 3.63) is 60.0 Å². The Morgan fingerprint density at radius 2 is 2.03 bits per heavy atom. The number of carbonyl (C=O) groups is 2. The highest BCUT2D eigenvalue weighted by atomic mass is 19.1. The number of amides is 2. The van der Waals surface area contributed by atoms with Crippen molar-refractivity contribution in [2.75, 3.05) is 24.9 Å². The van der Waals surface area contributed by atoms with Crippen molar-refractivity contribution in [2.45, 2.75) is 19.1 Å². The van der Waals surface area contributed by atoms with Gasteiger partial charge in [0.05, 0.1) is 37.1 Å². The van der Waals surface area contributed by atoms with Crippen LogP contribution in [-0.4, -0.2) is 35.8 Å². The molecule has 0 saturated carbocycles. The fourth-order valence-corrected chi connectivity index (χ4v) is 3.58. The third-order valence-corrected chi connectivity index (χ3v) is 4.99. The van der Waals surface area contributed by atoms with Crippen LogP contribution >= 0.6 is 0 Å². The van der Waals surface area contributed by atoms with Crippen molar-refractivity contribution in [2.24, 2.45) is 0 Å². The van der Waals surface area contributed by atoms with Crippen molar-refractivity contribution in [3.8, 4) is 16.9 Å². The van der Waals surface area contributed by atoms with Gasteiger partial charge >= 0.3 is 0 Å². The van der Waals surface area contributed by atoms with Gasteiger partial charge in [-0.25, -0.2) is 9.07 Å². The van der Waals surface area contributed by atoms with E-state index in [9.17, 15) is 14.0 Å². The number of hydrogen-bond acceptors (Lipinski definition) is 5. The maximum atomic E-state index is 13.8. The summed E-state index contributed by atoms with van der Waals surface area (Å²) in [6, 6.07) is 12.4. The maximum absolute atomic E-state index is 13.8. The molecular formula is C22H21FN4O4. The minimum atomic E-state index is -0.864. The molecule has 8 nitrogen and oxygen atoms in total. The van der Waals surface area contributed by atoms with Gasteiger partial charge in [-0.1, -0.05) is 24.3 Å². The van der Waals surface area contributed by atoms with Crippen LogP contribution in [0, 0.1) is 5.82 Å². The summed E-state index contributed by atoms with van der Waals surface area (Å²) in [6.45, 7) is 0.219. The number of halogens is 1. The SMILES string of the molecule is COCc1nn2c(c1-c1cccc(OC)c1)NC(=O)C2CC(=O)Nc1ccccc1F. The number of methoxy groups -OCH3 is 2. The summed E-state index contributed by atoms with van der Waals surface area (Å²) in [4.78, 5) is 25.1. The largest absolute Gasteiger partial charge is 0.497 e. The molecule has 1 aromatic heterocycles. The van der Waals surface area contributed by atoms with Crippen LogP contribution < -0.4 is 15.4 Å². The van der Waals surface area contributed by atoms with E-state index in [0.29, 0.717) is 22.8 Å². The van der Waals surface area contributed by atoms with Crippen molar-refractivity contribution < 1.29 is 23.5 Å². The van der Waals surface area contributed by atoms with Gasteiger partial charge in [0.15, 0.2) is 0 Å². The number of nitrogens with zero attached hydrogens (tertiary/aromatic N) is 2. The first-order valence-electron chi connectivity index (χ1n) is 9.61. The summed E-state index contributed by atoms with van der Waals surface area (Å²) in [7, 11) is 3.13. The number of aromatic nitrogens is 2. The van der Waals surface area contributed by atoms with E-state index < -0.39 is 17.8 Å². The van der Waals surface area contributed by atoms with Gasteiger partial charge < -0.3 is 20.1 Å². The van der Waals surface area contributed by atoms with E-state index in [-0.39, 0.29) is 24.6 Å². The second kappa shape index (κ2) is 8.57. The van der Waals surface area contributed by atoms with Crippen LogP contribution in [-0.2, 0) is 20.9 Å². The van der Waals surface area contributed by atoms with Crippen LogP contribution in [0.4, 0.5) is 15.9 Å². The van der Waals surface area contributed by atoms with Crippen molar-refractivity contribution >= 4 is 23.3 Å². The van der Waals surface area contributed by atoms with Crippen LogP contribution in [0.2, 0.25) is 0 Å². The predicted molar refractivity (Wildman–Crippen MR) is 112 cm³/mol. The Labute approximate surface area is 178 Å². The van der Waals surface area contributed by atoms with Gasteiger partial charge in [-0.3, -0.25) is 9.59 Å². The second-order valence-corrected chi connectivity index (χ2v) is 7.02. The van der Waals surface area contributed by atoms with Gasteiger partial charge in [0.1, 0.15) is 23.4 Å². The second-order valence-electron chi connectivity index (χ2n) is 7.02. The fourth-order valence-electron chi connectivity index (χ4n) is 3.58. The van der Waals surface area contributed by atoms with Crippen LogP contribution in [0.5, 0.6) is 5.75 Å². The molecule has 2 amide bonds. The Kier molecular flexibility index (Phi) is 5.68. The monoisotopic (exact) mass is 424 g/mol. The molecular weight excluding hydrogens is 403 g/mol. The lowest BCUT2D eigenvalue weighted by atomic mass is 10.1. The summed E-state index contributed by atoms with van der Waals surface area (Å²) in [5.41, 5.74) is 2.17. The van der Waals surface area contributed by atoms with Gasteiger partial charge in [-0.15, -0.1) is 0 Å². The number of anilines is 2. The van der Waals surface area contributed by atoms with Crippen LogP contribution in [0.3, 0.4) is 0 Å². The average Bonchev–Trinajstić information content (AvgIpc) is 3.25. The highest BCUT2D eigenvalue weighted by Crippen LogP contribution is 2.39. The molecule has 160 valence electrons. The molecule has 0 fully saturated rings. The lowest BCUT2D eigenvalue weighted by Gasteiger charge is -2.10. The molecule has 0 radical (unpaired) electrons. The molecule has 3 aromatic rings.